The zero-order valence-corrected chi connectivity index (χ0v) is 10.9. The predicted molar refractivity (Wildman–Crippen MR) is 64.7 cm³/mol. The van der Waals surface area contributed by atoms with E-state index < -0.39 is 12.0 Å². The molecule has 17 heavy (non-hydrogen) atoms. The second-order valence-corrected chi connectivity index (χ2v) is 5.35. The highest BCUT2D eigenvalue weighted by atomic mass is 16.4. The summed E-state index contributed by atoms with van der Waals surface area (Å²) in [5.41, 5.74) is 0. The highest BCUT2D eigenvalue weighted by molar-refractivity contribution is 5.83. The Labute approximate surface area is 102 Å². The van der Waals surface area contributed by atoms with Gasteiger partial charge in [-0.25, -0.2) is 9.59 Å². The number of nitrogens with one attached hydrogen (secondary N) is 1. The molecule has 0 aliphatic carbocycles. The SMILES string of the molecule is CC1CC(C)N(C(=O)NC(C(=O)O)C(C)C)C1. The Morgan fingerprint density at radius 1 is 1.35 bits per heavy atom. The zero-order valence-electron chi connectivity index (χ0n) is 10.9. The van der Waals surface area contributed by atoms with Crippen LogP contribution in [0.1, 0.15) is 34.1 Å². The van der Waals surface area contributed by atoms with E-state index in [0.29, 0.717) is 12.5 Å². The fraction of sp³-hybridized carbons (Fsp3) is 0.833. The number of hydrogen-bond donors (Lipinski definition) is 2. The number of amides is 2. The molecule has 0 radical (unpaired) electrons. The second-order valence-electron chi connectivity index (χ2n) is 5.35. The molecule has 1 saturated heterocycles. The van der Waals surface area contributed by atoms with E-state index >= 15 is 0 Å². The summed E-state index contributed by atoms with van der Waals surface area (Å²) in [5, 5.41) is 11.6. The van der Waals surface area contributed by atoms with E-state index in [1.54, 1.807) is 18.7 Å². The van der Waals surface area contributed by atoms with Crippen molar-refractivity contribution in [2.75, 3.05) is 6.54 Å². The van der Waals surface area contributed by atoms with Crippen LogP contribution in [0, 0.1) is 11.8 Å². The molecule has 3 unspecified atom stereocenters. The first kappa shape index (κ1) is 13.8. The number of likely N-dealkylation sites (tertiary alicyclic amines) is 1. The van der Waals surface area contributed by atoms with Crippen molar-refractivity contribution in [2.45, 2.75) is 46.2 Å². The minimum absolute atomic E-state index is 0.119. The molecule has 1 heterocycles. The van der Waals surface area contributed by atoms with Crippen LogP contribution in [0.25, 0.3) is 0 Å². The smallest absolute Gasteiger partial charge is 0.326 e. The fourth-order valence-electron chi connectivity index (χ4n) is 2.31. The molecule has 2 N–H and O–H groups in total. The third-order valence-electron chi connectivity index (χ3n) is 3.26. The van der Waals surface area contributed by atoms with Crippen LogP contribution in [0.4, 0.5) is 4.79 Å². The number of carbonyl (C=O) groups is 2. The number of urea groups is 1. The van der Waals surface area contributed by atoms with Gasteiger partial charge in [-0.2, -0.15) is 0 Å². The van der Waals surface area contributed by atoms with Gasteiger partial charge in [0, 0.05) is 12.6 Å². The van der Waals surface area contributed by atoms with Gasteiger partial charge in [0.25, 0.3) is 0 Å². The third kappa shape index (κ3) is 3.35. The molecule has 3 atom stereocenters. The number of nitrogens with zero attached hydrogens (tertiary/aromatic N) is 1. The molecule has 2 amide bonds. The molecule has 1 aliphatic heterocycles. The molecular weight excluding hydrogens is 220 g/mol. The predicted octanol–water partition coefficient (Wildman–Crippen LogP) is 1.54. The molecule has 98 valence electrons. The number of carboxylic acids is 1. The highest BCUT2D eigenvalue weighted by Crippen LogP contribution is 2.22. The van der Waals surface area contributed by atoms with Gasteiger partial charge in [-0.05, 0) is 25.2 Å². The van der Waals surface area contributed by atoms with Crippen LogP contribution < -0.4 is 5.32 Å². The van der Waals surface area contributed by atoms with Crippen molar-refractivity contribution in [3.05, 3.63) is 0 Å². The molecule has 0 aromatic heterocycles. The maximum absolute atomic E-state index is 12.0. The van der Waals surface area contributed by atoms with E-state index in [1.807, 2.05) is 6.92 Å². The molecule has 0 spiro atoms. The molecule has 1 fully saturated rings. The summed E-state index contributed by atoms with van der Waals surface area (Å²) in [7, 11) is 0. The number of rotatable bonds is 3. The van der Waals surface area contributed by atoms with E-state index in [2.05, 4.69) is 12.2 Å². The Hall–Kier alpha value is -1.26. The maximum atomic E-state index is 12.0. The van der Waals surface area contributed by atoms with Gasteiger partial charge in [-0.1, -0.05) is 20.8 Å². The summed E-state index contributed by atoms with van der Waals surface area (Å²) in [6, 6.07) is -0.889. The summed E-state index contributed by atoms with van der Waals surface area (Å²) in [6.45, 7) is 8.37. The Morgan fingerprint density at radius 3 is 2.29 bits per heavy atom. The molecule has 0 bridgehead atoms. The average Bonchev–Trinajstić information content (AvgIpc) is 2.53. The van der Waals surface area contributed by atoms with Crippen LogP contribution in [-0.4, -0.2) is 40.6 Å². The van der Waals surface area contributed by atoms with Crippen LogP contribution in [0.2, 0.25) is 0 Å². The van der Waals surface area contributed by atoms with Crippen molar-refractivity contribution >= 4 is 12.0 Å². The summed E-state index contributed by atoms with van der Waals surface area (Å²) >= 11 is 0. The first-order valence-electron chi connectivity index (χ1n) is 6.12. The summed E-state index contributed by atoms with van der Waals surface area (Å²) < 4.78 is 0. The Bertz CT molecular complexity index is 304. The quantitative estimate of drug-likeness (QED) is 0.788. The van der Waals surface area contributed by atoms with Gasteiger partial charge in [0.1, 0.15) is 6.04 Å². The van der Waals surface area contributed by atoms with Gasteiger partial charge >= 0.3 is 12.0 Å². The van der Waals surface area contributed by atoms with Gasteiger partial charge < -0.3 is 15.3 Å². The summed E-state index contributed by atoms with van der Waals surface area (Å²) in [4.78, 5) is 24.7. The fourth-order valence-corrected chi connectivity index (χ4v) is 2.31. The lowest BCUT2D eigenvalue weighted by Gasteiger charge is -2.25. The van der Waals surface area contributed by atoms with Crippen LogP contribution in [0.5, 0.6) is 0 Å². The van der Waals surface area contributed by atoms with E-state index in [1.165, 1.54) is 0 Å². The number of aliphatic carboxylic acids is 1. The first-order chi connectivity index (χ1) is 7.82. The molecule has 1 rings (SSSR count). The topological polar surface area (TPSA) is 69.6 Å². The van der Waals surface area contributed by atoms with E-state index in [4.69, 9.17) is 5.11 Å². The average molecular weight is 242 g/mol. The van der Waals surface area contributed by atoms with Gasteiger partial charge in [0.2, 0.25) is 0 Å². The van der Waals surface area contributed by atoms with Crippen molar-refractivity contribution < 1.29 is 14.7 Å². The van der Waals surface area contributed by atoms with Crippen molar-refractivity contribution in [1.82, 2.24) is 10.2 Å². The monoisotopic (exact) mass is 242 g/mol. The first-order valence-corrected chi connectivity index (χ1v) is 6.12. The lowest BCUT2D eigenvalue weighted by atomic mass is 10.1. The van der Waals surface area contributed by atoms with Crippen LogP contribution in [-0.2, 0) is 4.79 Å². The Morgan fingerprint density at radius 2 is 1.94 bits per heavy atom. The van der Waals surface area contributed by atoms with Gasteiger partial charge in [0.05, 0.1) is 0 Å². The number of hydrogen-bond acceptors (Lipinski definition) is 2. The van der Waals surface area contributed by atoms with Crippen LogP contribution >= 0.6 is 0 Å². The van der Waals surface area contributed by atoms with Gasteiger partial charge in [-0.15, -0.1) is 0 Å². The van der Waals surface area contributed by atoms with E-state index in [-0.39, 0.29) is 18.0 Å². The second kappa shape index (κ2) is 5.38. The third-order valence-corrected chi connectivity index (χ3v) is 3.26. The van der Waals surface area contributed by atoms with Crippen molar-refractivity contribution in [2.24, 2.45) is 11.8 Å². The number of carboxylic acid groups (broad SMARTS) is 1. The summed E-state index contributed by atoms with van der Waals surface area (Å²) in [6.07, 6.45) is 0.979. The standard InChI is InChI=1S/C12H22N2O3/c1-7(2)10(11(15)16)13-12(17)14-6-8(3)5-9(14)4/h7-10H,5-6H2,1-4H3,(H,13,17)(H,15,16). The zero-order chi connectivity index (χ0) is 13.2. The van der Waals surface area contributed by atoms with Crippen LogP contribution in [0.3, 0.4) is 0 Å². The Kier molecular flexibility index (Phi) is 4.37. The minimum atomic E-state index is -0.978. The molecule has 0 saturated carbocycles. The molecule has 5 heteroatoms. The largest absolute Gasteiger partial charge is 0.480 e. The van der Waals surface area contributed by atoms with Crippen LogP contribution in [0.15, 0.2) is 0 Å². The molecule has 1 aliphatic rings. The lowest BCUT2D eigenvalue weighted by molar-refractivity contribution is -0.140. The van der Waals surface area contributed by atoms with E-state index in [0.717, 1.165) is 6.42 Å². The molecule has 5 nitrogen and oxygen atoms in total. The number of carbonyl (C=O) groups excluding carboxylic acids is 1. The molecular formula is C12H22N2O3. The van der Waals surface area contributed by atoms with Gasteiger partial charge in [-0.3, -0.25) is 0 Å². The summed E-state index contributed by atoms with van der Waals surface area (Å²) in [5.74, 6) is -0.613. The minimum Gasteiger partial charge on any atom is -0.480 e. The highest BCUT2D eigenvalue weighted by Gasteiger charge is 2.32. The van der Waals surface area contributed by atoms with Gasteiger partial charge in [0.15, 0.2) is 0 Å². The molecule has 0 aromatic carbocycles. The Balaban J connectivity index is 2.62. The lowest BCUT2D eigenvalue weighted by Crippen LogP contribution is -2.51. The normalized spacial score (nSPS) is 26.1. The van der Waals surface area contributed by atoms with Crippen molar-refractivity contribution in [1.29, 1.82) is 0 Å². The van der Waals surface area contributed by atoms with E-state index in [9.17, 15) is 9.59 Å². The maximum Gasteiger partial charge on any atom is 0.326 e. The van der Waals surface area contributed by atoms with Crippen molar-refractivity contribution in [3.8, 4) is 0 Å². The molecule has 0 aromatic rings. The van der Waals surface area contributed by atoms with Crippen molar-refractivity contribution in [3.63, 3.8) is 0 Å².